The number of anilines is 3. The minimum atomic E-state index is 0.470. The van der Waals surface area contributed by atoms with Crippen molar-refractivity contribution < 1.29 is 4.74 Å². The standard InChI is InChI=1S/C18H19N5O/c1-2-24-16-11-7-6-10-15(16)21-17-13-20-23-18(22-17)19-12-14-8-4-3-5-9-14/h3-11,13H,2,12H2,1H3,(H2,19,21,22,23). The Morgan fingerprint density at radius 1 is 1.00 bits per heavy atom. The highest BCUT2D eigenvalue weighted by Crippen LogP contribution is 2.26. The number of para-hydroxylation sites is 2. The molecule has 2 aromatic carbocycles. The summed E-state index contributed by atoms with van der Waals surface area (Å²) in [5, 5.41) is 14.4. The fourth-order valence-corrected chi connectivity index (χ4v) is 2.20. The van der Waals surface area contributed by atoms with E-state index in [1.165, 1.54) is 0 Å². The van der Waals surface area contributed by atoms with Crippen molar-refractivity contribution in [3.05, 3.63) is 66.4 Å². The van der Waals surface area contributed by atoms with Crippen LogP contribution in [0.2, 0.25) is 0 Å². The van der Waals surface area contributed by atoms with Crippen molar-refractivity contribution in [3.8, 4) is 5.75 Å². The van der Waals surface area contributed by atoms with Gasteiger partial charge in [0.1, 0.15) is 5.75 Å². The molecule has 0 atom stereocenters. The molecule has 0 fully saturated rings. The van der Waals surface area contributed by atoms with Crippen molar-refractivity contribution in [1.82, 2.24) is 15.2 Å². The van der Waals surface area contributed by atoms with E-state index in [1.807, 2.05) is 61.5 Å². The summed E-state index contributed by atoms with van der Waals surface area (Å²) in [4.78, 5) is 4.43. The highest BCUT2D eigenvalue weighted by molar-refractivity contribution is 5.63. The van der Waals surface area contributed by atoms with Gasteiger partial charge in [-0.05, 0) is 24.6 Å². The van der Waals surface area contributed by atoms with E-state index in [4.69, 9.17) is 4.74 Å². The molecule has 0 amide bonds. The normalized spacial score (nSPS) is 10.2. The summed E-state index contributed by atoms with van der Waals surface area (Å²) in [5.41, 5.74) is 2.00. The minimum absolute atomic E-state index is 0.470. The van der Waals surface area contributed by atoms with Gasteiger partial charge in [-0.2, -0.15) is 10.1 Å². The van der Waals surface area contributed by atoms with Gasteiger partial charge >= 0.3 is 0 Å². The molecule has 6 nitrogen and oxygen atoms in total. The van der Waals surface area contributed by atoms with Gasteiger partial charge in [-0.3, -0.25) is 0 Å². The Labute approximate surface area is 140 Å². The number of benzene rings is 2. The number of aromatic nitrogens is 3. The summed E-state index contributed by atoms with van der Waals surface area (Å²) < 4.78 is 5.60. The lowest BCUT2D eigenvalue weighted by atomic mass is 10.2. The zero-order valence-electron chi connectivity index (χ0n) is 13.4. The van der Waals surface area contributed by atoms with E-state index in [0.29, 0.717) is 24.9 Å². The van der Waals surface area contributed by atoms with Crippen molar-refractivity contribution in [3.63, 3.8) is 0 Å². The summed E-state index contributed by atoms with van der Waals surface area (Å²) in [7, 11) is 0. The maximum atomic E-state index is 5.60. The van der Waals surface area contributed by atoms with Crippen LogP contribution < -0.4 is 15.4 Å². The van der Waals surface area contributed by atoms with E-state index in [1.54, 1.807) is 6.20 Å². The quantitative estimate of drug-likeness (QED) is 0.692. The van der Waals surface area contributed by atoms with Gasteiger partial charge in [0.05, 0.1) is 18.5 Å². The Balaban J connectivity index is 1.69. The molecular formula is C18H19N5O. The summed E-state index contributed by atoms with van der Waals surface area (Å²) in [6.07, 6.45) is 1.58. The van der Waals surface area contributed by atoms with Gasteiger partial charge in [-0.25, -0.2) is 0 Å². The van der Waals surface area contributed by atoms with Crippen LogP contribution in [-0.2, 0) is 6.54 Å². The lowest BCUT2D eigenvalue weighted by Gasteiger charge is -2.12. The molecule has 0 radical (unpaired) electrons. The van der Waals surface area contributed by atoms with Crippen molar-refractivity contribution >= 4 is 17.5 Å². The predicted molar refractivity (Wildman–Crippen MR) is 94.5 cm³/mol. The third-order valence-corrected chi connectivity index (χ3v) is 3.30. The van der Waals surface area contributed by atoms with Crippen LogP contribution in [0.25, 0.3) is 0 Å². The number of nitrogens with one attached hydrogen (secondary N) is 2. The number of ether oxygens (including phenoxy) is 1. The Hall–Kier alpha value is -3.15. The first-order chi connectivity index (χ1) is 11.8. The average molecular weight is 321 g/mol. The molecule has 122 valence electrons. The molecule has 24 heavy (non-hydrogen) atoms. The Morgan fingerprint density at radius 2 is 1.79 bits per heavy atom. The number of hydrogen-bond donors (Lipinski definition) is 2. The second-order valence-electron chi connectivity index (χ2n) is 5.06. The summed E-state index contributed by atoms with van der Waals surface area (Å²) in [6.45, 7) is 3.20. The number of hydrogen-bond acceptors (Lipinski definition) is 6. The highest BCUT2D eigenvalue weighted by atomic mass is 16.5. The van der Waals surface area contributed by atoms with Crippen LogP contribution in [0.3, 0.4) is 0 Å². The summed E-state index contributed by atoms with van der Waals surface area (Å²) in [6, 6.07) is 17.8. The molecule has 0 aliphatic rings. The molecule has 0 unspecified atom stereocenters. The molecule has 0 aliphatic carbocycles. The van der Waals surface area contributed by atoms with Crippen LogP contribution in [0, 0.1) is 0 Å². The topological polar surface area (TPSA) is 72.0 Å². The molecule has 3 aromatic rings. The van der Waals surface area contributed by atoms with E-state index in [9.17, 15) is 0 Å². The molecular weight excluding hydrogens is 302 g/mol. The molecule has 3 rings (SSSR count). The molecule has 2 N–H and O–H groups in total. The van der Waals surface area contributed by atoms with Crippen molar-refractivity contribution in [1.29, 1.82) is 0 Å². The van der Waals surface area contributed by atoms with Gasteiger partial charge < -0.3 is 15.4 Å². The van der Waals surface area contributed by atoms with Crippen molar-refractivity contribution in [2.24, 2.45) is 0 Å². The van der Waals surface area contributed by atoms with Crippen LogP contribution in [0.15, 0.2) is 60.8 Å². The summed E-state index contributed by atoms with van der Waals surface area (Å²) in [5.74, 6) is 1.85. The zero-order valence-corrected chi connectivity index (χ0v) is 13.4. The molecule has 0 spiro atoms. The van der Waals surface area contributed by atoms with Crippen LogP contribution in [-0.4, -0.2) is 21.8 Å². The SMILES string of the molecule is CCOc1ccccc1Nc1cnnc(NCc2ccccc2)n1. The molecule has 1 heterocycles. The fraction of sp³-hybridized carbons (Fsp3) is 0.167. The van der Waals surface area contributed by atoms with Crippen molar-refractivity contribution in [2.75, 3.05) is 17.2 Å². The largest absolute Gasteiger partial charge is 0.492 e. The third kappa shape index (κ3) is 4.19. The zero-order chi connectivity index (χ0) is 16.6. The first-order valence-corrected chi connectivity index (χ1v) is 7.81. The lowest BCUT2D eigenvalue weighted by Crippen LogP contribution is -2.06. The smallest absolute Gasteiger partial charge is 0.244 e. The van der Waals surface area contributed by atoms with Crippen molar-refractivity contribution in [2.45, 2.75) is 13.5 Å². The van der Waals surface area contributed by atoms with E-state index >= 15 is 0 Å². The monoisotopic (exact) mass is 321 g/mol. The maximum absolute atomic E-state index is 5.60. The maximum Gasteiger partial charge on any atom is 0.244 e. The van der Waals surface area contributed by atoms with Gasteiger partial charge in [0.2, 0.25) is 5.95 Å². The third-order valence-electron chi connectivity index (χ3n) is 3.30. The highest BCUT2D eigenvalue weighted by Gasteiger charge is 2.05. The van der Waals surface area contributed by atoms with E-state index in [0.717, 1.165) is 17.0 Å². The Morgan fingerprint density at radius 3 is 2.62 bits per heavy atom. The van der Waals surface area contributed by atoms with Crippen LogP contribution in [0.1, 0.15) is 12.5 Å². The predicted octanol–water partition coefficient (Wildman–Crippen LogP) is 3.63. The van der Waals surface area contributed by atoms with Gasteiger partial charge in [0, 0.05) is 6.54 Å². The fourth-order valence-electron chi connectivity index (χ4n) is 2.20. The van der Waals surface area contributed by atoms with E-state index in [2.05, 4.69) is 25.8 Å². The van der Waals surface area contributed by atoms with E-state index in [-0.39, 0.29) is 0 Å². The van der Waals surface area contributed by atoms with Gasteiger partial charge in [0.25, 0.3) is 0 Å². The number of rotatable bonds is 7. The number of nitrogens with zero attached hydrogens (tertiary/aromatic N) is 3. The molecule has 0 saturated carbocycles. The van der Waals surface area contributed by atoms with Crippen LogP contribution >= 0.6 is 0 Å². The van der Waals surface area contributed by atoms with Gasteiger partial charge in [-0.15, -0.1) is 5.10 Å². The van der Waals surface area contributed by atoms with Gasteiger partial charge in [-0.1, -0.05) is 42.5 Å². The second kappa shape index (κ2) is 7.92. The first kappa shape index (κ1) is 15.7. The Kier molecular flexibility index (Phi) is 5.19. The van der Waals surface area contributed by atoms with E-state index < -0.39 is 0 Å². The van der Waals surface area contributed by atoms with Crippen LogP contribution in [0.5, 0.6) is 5.75 Å². The molecule has 0 saturated heterocycles. The molecule has 6 heteroatoms. The van der Waals surface area contributed by atoms with Gasteiger partial charge in [0.15, 0.2) is 5.82 Å². The minimum Gasteiger partial charge on any atom is -0.492 e. The molecule has 0 aliphatic heterocycles. The molecule has 1 aromatic heterocycles. The molecule has 0 bridgehead atoms. The first-order valence-electron chi connectivity index (χ1n) is 7.81. The second-order valence-corrected chi connectivity index (χ2v) is 5.06. The average Bonchev–Trinajstić information content (AvgIpc) is 2.63. The summed E-state index contributed by atoms with van der Waals surface area (Å²) >= 11 is 0. The lowest BCUT2D eigenvalue weighted by molar-refractivity contribution is 0.342. The van der Waals surface area contributed by atoms with Crippen LogP contribution in [0.4, 0.5) is 17.5 Å². The Bertz CT molecular complexity index is 779.